The largest absolute Gasteiger partial charge is 0.495 e. The highest BCUT2D eigenvalue weighted by atomic mass is 19.1. The zero-order valence-corrected chi connectivity index (χ0v) is 14.2. The van der Waals surface area contributed by atoms with Crippen molar-refractivity contribution in [2.75, 3.05) is 12.0 Å². The lowest BCUT2D eigenvalue weighted by molar-refractivity contribution is -0.122. The monoisotopic (exact) mass is 350 g/mol. The Morgan fingerprint density at radius 2 is 2.04 bits per heavy atom. The van der Waals surface area contributed by atoms with Crippen LogP contribution in [-0.4, -0.2) is 18.9 Å². The van der Waals surface area contributed by atoms with Crippen molar-refractivity contribution < 1.29 is 18.7 Å². The van der Waals surface area contributed by atoms with Gasteiger partial charge in [0, 0.05) is 18.1 Å². The fourth-order valence-electron chi connectivity index (χ4n) is 3.05. The molecule has 1 heterocycles. The van der Waals surface area contributed by atoms with Gasteiger partial charge >= 0.3 is 0 Å². The van der Waals surface area contributed by atoms with E-state index in [4.69, 9.17) is 10.00 Å². The van der Waals surface area contributed by atoms with Gasteiger partial charge in [-0.05, 0) is 29.8 Å². The molecule has 1 aliphatic heterocycles. The minimum absolute atomic E-state index is 0.187. The Kier molecular flexibility index (Phi) is 4.55. The van der Waals surface area contributed by atoms with E-state index in [-0.39, 0.29) is 23.4 Å². The first kappa shape index (κ1) is 17.4. The van der Waals surface area contributed by atoms with Crippen LogP contribution in [0, 0.1) is 17.1 Å². The van der Waals surface area contributed by atoms with Gasteiger partial charge in [-0.1, -0.05) is 18.2 Å². The Hall–Kier alpha value is -3.46. The van der Waals surface area contributed by atoms with Crippen molar-refractivity contribution in [2.45, 2.75) is 13.3 Å². The zero-order valence-electron chi connectivity index (χ0n) is 14.2. The van der Waals surface area contributed by atoms with E-state index in [9.17, 15) is 14.0 Å². The summed E-state index contributed by atoms with van der Waals surface area (Å²) in [6, 6.07) is 13.0. The van der Waals surface area contributed by atoms with E-state index in [2.05, 4.69) is 6.07 Å². The van der Waals surface area contributed by atoms with Crippen LogP contribution in [0.1, 0.15) is 23.6 Å². The van der Waals surface area contributed by atoms with Crippen LogP contribution in [0.4, 0.5) is 10.1 Å². The minimum atomic E-state index is -0.569. The van der Waals surface area contributed by atoms with Gasteiger partial charge in [-0.3, -0.25) is 9.59 Å². The van der Waals surface area contributed by atoms with E-state index in [1.165, 1.54) is 26.2 Å². The molecule has 26 heavy (non-hydrogen) atoms. The van der Waals surface area contributed by atoms with E-state index in [0.29, 0.717) is 11.1 Å². The van der Waals surface area contributed by atoms with Gasteiger partial charge in [-0.2, -0.15) is 5.26 Å². The molecule has 0 saturated carbocycles. The molecule has 0 unspecified atom stereocenters. The Morgan fingerprint density at radius 1 is 1.27 bits per heavy atom. The predicted molar refractivity (Wildman–Crippen MR) is 94.1 cm³/mol. The molecule has 0 atom stereocenters. The summed E-state index contributed by atoms with van der Waals surface area (Å²) in [5.41, 5.74) is 2.18. The zero-order chi connectivity index (χ0) is 18.8. The van der Waals surface area contributed by atoms with Gasteiger partial charge in [0.15, 0.2) is 0 Å². The Bertz CT molecular complexity index is 989. The van der Waals surface area contributed by atoms with E-state index in [1.807, 2.05) is 0 Å². The van der Waals surface area contributed by atoms with Gasteiger partial charge < -0.3 is 4.74 Å². The third-order valence-electron chi connectivity index (χ3n) is 4.11. The van der Waals surface area contributed by atoms with Gasteiger partial charge in [-0.15, -0.1) is 0 Å². The number of methoxy groups -OCH3 is 1. The van der Waals surface area contributed by atoms with Crippen molar-refractivity contribution in [1.82, 2.24) is 0 Å². The quantitative estimate of drug-likeness (QED) is 0.629. The first-order valence-electron chi connectivity index (χ1n) is 7.87. The number of carbonyl (C=O) groups is 2. The fourth-order valence-corrected chi connectivity index (χ4v) is 3.05. The third kappa shape index (κ3) is 2.84. The average molecular weight is 350 g/mol. The average Bonchev–Trinajstić information content (AvgIpc) is 2.88. The number of halogens is 1. The molecule has 6 heteroatoms. The topological polar surface area (TPSA) is 70.4 Å². The SMILES string of the molecule is CO/C(=C1/C(=O)N(C(C)=O)c2cc(F)ccc21)c1cccc(CC#N)c1. The van der Waals surface area contributed by atoms with Crippen LogP contribution >= 0.6 is 0 Å². The highest BCUT2D eigenvalue weighted by molar-refractivity contribution is 6.42. The van der Waals surface area contributed by atoms with Crippen molar-refractivity contribution in [3.8, 4) is 6.07 Å². The highest BCUT2D eigenvalue weighted by Crippen LogP contribution is 2.41. The smallest absolute Gasteiger partial charge is 0.269 e. The number of nitriles is 1. The van der Waals surface area contributed by atoms with Gasteiger partial charge in [-0.25, -0.2) is 9.29 Å². The van der Waals surface area contributed by atoms with Crippen LogP contribution in [0.15, 0.2) is 42.5 Å². The van der Waals surface area contributed by atoms with Crippen molar-refractivity contribution in [3.05, 3.63) is 65.0 Å². The second kappa shape index (κ2) is 6.81. The number of benzene rings is 2. The van der Waals surface area contributed by atoms with Gasteiger partial charge in [0.2, 0.25) is 5.91 Å². The molecule has 130 valence electrons. The van der Waals surface area contributed by atoms with Crippen molar-refractivity contribution in [3.63, 3.8) is 0 Å². The maximum absolute atomic E-state index is 13.7. The number of carbonyl (C=O) groups excluding carboxylic acids is 2. The number of hydrogen-bond donors (Lipinski definition) is 0. The van der Waals surface area contributed by atoms with E-state index in [0.717, 1.165) is 16.5 Å². The van der Waals surface area contributed by atoms with Gasteiger partial charge in [0.1, 0.15) is 11.6 Å². The summed E-state index contributed by atoms with van der Waals surface area (Å²) in [6.45, 7) is 1.25. The highest BCUT2D eigenvalue weighted by Gasteiger charge is 2.38. The molecule has 0 aromatic heterocycles. The van der Waals surface area contributed by atoms with Crippen LogP contribution < -0.4 is 4.90 Å². The van der Waals surface area contributed by atoms with Crippen LogP contribution in [-0.2, 0) is 20.7 Å². The molecule has 2 aromatic carbocycles. The van der Waals surface area contributed by atoms with Crippen LogP contribution in [0.3, 0.4) is 0 Å². The summed E-state index contributed by atoms with van der Waals surface area (Å²) in [5.74, 6) is -1.35. The first-order chi connectivity index (χ1) is 12.5. The van der Waals surface area contributed by atoms with Gasteiger partial charge in [0.05, 0.1) is 30.9 Å². The Labute approximate surface area is 149 Å². The number of fused-ring (bicyclic) bond motifs is 1. The summed E-state index contributed by atoms with van der Waals surface area (Å²) in [5, 5.41) is 8.88. The molecule has 0 saturated heterocycles. The summed E-state index contributed by atoms with van der Waals surface area (Å²) < 4.78 is 19.2. The van der Waals surface area contributed by atoms with E-state index < -0.39 is 17.6 Å². The number of amides is 2. The van der Waals surface area contributed by atoms with E-state index in [1.54, 1.807) is 24.3 Å². The third-order valence-corrected chi connectivity index (χ3v) is 4.11. The molecule has 2 aromatic rings. The number of imide groups is 1. The van der Waals surface area contributed by atoms with Crippen molar-refractivity contribution >= 4 is 28.8 Å². The number of ether oxygens (including phenoxy) is 1. The molecule has 0 radical (unpaired) electrons. The summed E-state index contributed by atoms with van der Waals surface area (Å²) in [4.78, 5) is 25.8. The summed E-state index contributed by atoms with van der Waals surface area (Å²) in [7, 11) is 1.42. The number of rotatable bonds is 3. The van der Waals surface area contributed by atoms with Crippen molar-refractivity contribution in [2.24, 2.45) is 0 Å². The second-order valence-corrected chi connectivity index (χ2v) is 5.76. The Balaban J connectivity index is 2.26. The molecule has 0 N–H and O–H groups in total. The second-order valence-electron chi connectivity index (χ2n) is 5.76. The van der Waals surface area contributed by atoms with E-state index >= 15 is 0 Å². The van der Waals surface area contributed by atoms with Crippen LogP contribution in [0.25, 0.3) is 11.3 Å². The lowest BCUT2D eigenvalue weighted by Gasteiger charge is -2.13. The summed E-state index contributed by atoms with van der Waals surface area (Å²) >= 11 is 0. The lowest BCUT2D eigenvalue weighted by atomic mass is 10.00. The molecule has 0 fully saturated rings. The molecule has 0 bridgehead atoms. The molecule has 0 spiro atoms. The van der Waals surface area contributed by atoms with Gasteiger partial charge in [0.25, 0.3) is 5.91 Å². The molecule has 2 amide bonds. The molecular formula is C20H15FN2O3. The molecule has 5 nitrogen and oxygen atoms in total. The lowest BCUT2D eigenvalue weighted by Crippen LogP contribution is -2.31. The van der Waals surface area contributed by atoms with Crippen molar-refractivity contribution in [1.29, 1.82) is 5.26 Å². The number of nitrogens with zero attached hydrogens (tertiary/aromatic N) is 2. The Morgan fingerprint density at radius 3 is 2.69 bits per heavy atom. The fraction of sp³-hybridized carbons (Fsp3) is 0.150. The maximum Gasteiger partial charge on any atom is 0.269 e. The molecule has 1 aliphatic rings. The first-order valence-corrected chi connectivity index (χ1v) is 7.87. The maximum atomic E-state index is 13.7. The van der Waals surface area contributed by atoms with Crippen LogP contribution in [0.5, 0.6) is 0 Å². The van der Waals surface area contributed by atoms with Crippen LogP contribution in [0.2, 0.25) is 0 Å². The minimum Gasteiger partial charge on any atom is -0.495 e. The summed E-state index contributed by atoms with van der Waals surface area (Å²) in [6.07, 6.45) is 0.218. The molecule has 0 aliphatic carbocycles. The normalized spacial score (nSPS) is 14.7. The number of anilines is 1. The predicted octanol–water partition coefficient (Wildman–Crippen LogP) is 3.30. The standard InChI is InChI=1S/C20H15FN2O3/c1-12(24)23-17-11-15(21)6-7-16(17)18(20(23)25)19(26-2)14-5-3-4-13(10-14)8-9-22/h3-7,10-11H,8H2,1-2H3/b19-18+. The number of hydrogen-bond acceptors (Lipinski definition) is 4. The molecule has 3 rings (SSSR count). The molecular weight excluding hydrogens is 335 g/mol.